The van der Waals surface area contributed by atoms with E-state index in [4.69, 9.17) is 0 Å². The summed E-state index contributed by atoms with van der Waals surface area (Å²) in [5.74, 6) is -0.972. The van der Waals surface area contributed by atoms with Crippen LogP contribution in [0.3, 0.4) is 0 Å². The molecule has 2 rings (SSSR count). The van der Waals surface area contributed by atoms with Crippen molar-refractivity contribution in [1.82, 2.24) is 10.2 Å². The Kier molecular flexibility index (Phi) is 5.21. The van der Waals surface area contributed by atoms with Gasteiger partial charge in [0.15, 0.2) is 0 Å². The van der Waals surface area contributed by atoms with Gasteiger partial charge in [-0.15, -0.1) is 0 Å². The van der Waals surface area contributed by atoms with Crippen LogP contribution in [0.1, 0.15) is 17.3 Å². The van der Waals surface area contributed by atoms with Crippen molar-refractivity contribution in [2.75, 3.05) is 50.0 Å². The summed E-state index contributed by atoms with van der Waals surface area (Å²) in [6, 6.07) is 4.48. The van der Waals surface area contributed by atoms with Crippen LogP contribution in [0.15, 0.2) is 18.2 Å². The molecule has 1 aromatic carbocycles. The minimum Gasteiger partial charge on any atom is -0.478 e. The van der Waals surface area contributed by atoms with Crippen molar-refractivity contribution in [3.63, 3.8) is 0 Å². The van der Waals surface area contributed by atoms with Crippen molar-refractivity contribution in [2.45, 2.75) is 6.92 Å². The van der Waals surface area contributed by atoms with Gasteiger partial charge in [0.05, 0.1) is 16.9 Å². The maximum absolute atomic E-state index is 11.8. The molecule has 7 heteroatoms. The zero-order valence-corrected chi connectivity index (χ0v) is 12.9. The quantitative estimate of drug-likeness (QED) is 0.780. The van der Waals surface area contributed by atoms with E-state index in [2.05, 4.69) is 27.5 Å². The van der Waals surface area contributed by atoms with Gasteiger partial charge >= 0.3 is 12.0 Å². The Morgan fingerprint density at radius 2 is 1.91 bits per heavy atom. The number of urea groups is 1. The predicted octanol–water partition coefficient (Wildman–Crippen LogP) is 1.28. The Balaban J connectivity index is 2.27. The molecular formula is C15H22N4O3. The lowest BCUT2D eigenvalue weighted by Gasteiger charge is -2.35. The van der Waals surface area contributed by atoms with Gasteiger partial charge in [0, 0.05) is 32.7 Å². The fourth-order valence-electron chi connectivity index (χ4n) is 2.41. The summed E-state index contributed by atoms with van der Waals surface area (Å²) in [7, 11) is 2.05. The monoisotopic (exact) mass is 306 g/mol. The van der Waals surface area contributed by atoms with Crippen LogP contribution in [0.2, 0.25) is 0 Å². The van der Waals surface area contributed by atoms with E-state index in [9.17, 15) is 14.7 Å². The van der Waals surface area contributed by atoms with Crippen LogP contribution >= 0.6 is 0 Å². The fraction of sp³-hybridized carbons (Fsp3) is 0.467. The van der Waals surface area contributed by atoms with Crippen LogP contribution in [0.5, 0.6) is 0 Å². The molecule has 0 aliphatic carbocycles. The molecule has 1 aliphatic heterocycles. The summed E-state index contributed by atoms with van der Waals surface area (Å²) in [5, 5.41) is 14.6. The summed E-state index contributed by atoms with van der Waals surface area (Å²) in [5.41, 5.74) is 1.59. The van der Waals surface area contributed by atoms with E-state index in [0.717, 1.165) is 31.9 Å². The van der Waals surface area contributed by atoms with Crippen LogP contribution < -0.4 is 15.5 Å². The molecule has 7 nitrogen and oxygen atoms in total. The van der Waals surface area contributed by atoms with E-state index in [-0.39, 0.29) is 11.6 Å². The van der Waals surface area contributed by atoms with Crippen molar-refractivity contribution in [2.24, 2.45) is 0 Å². The zero-order chi connectivity index (χ0) is 16.1. The molecule has 1 aromatic rings. The number of hydrogen-bond acceptors (Lipinski definition) is 4. The molecule has 1 fully saturated rings. The van der Waals surface area contributed by atoms with Crippen molar-refractivity contribution >= 4 is 23.4 Å². The Morgan fingerprint density at radius 3 is 2.50 bits per heavy atom. The third kappa shape index (κ3) is 3.88. The molecule has 1 heterocycles. The number of anilines is 2. The van der Waals surface area contributed by atoms with Crippen molar-refractivity contribution in [3.05, 3.63) is 23.8 Å². The largest absolute Gasteiger partial charge is 0.478 e. The first-order chi connectivity index (χ1) is 10.5. The zero-order valence-electron chi connectivity index (χ0n) is 12.9. The van der Waals surface area contributed by atoms with E-state index in [1.807, 2.05) is 6.92 Å². The number of rotatable bonds is 4. The number of carbonyl (C=O) groups excluding carboxylic acids is 1. The highest BCUT2D eigenvalue weighted by Crippen LogP contribution is 2.28. The molecular weight excluding hydrogens is 284 g/mol. The Hall–Kier alpha value is -2.28. The molecule has 0 saturated carbocycles. The highest BCUT2D eigenvalue weighted by atomic mass is 16.4. The van der Waals surface area contributed by atoms with Gasteiger partial charge in [-0.05, 0) is 32.2 Å². The van der Waals surface area contributed by atoms with Crippen LogP contribution in [0.4, 0.5) is 16.2 Å². The molecule has 0 radical (unpaired) electrons. The summed E-state index contributed by atoms with van der Waals surface area (Å²) >= 11 is 0. The molecule has 120 valence electrons. The molecule has 22 heavy (non-hydrogen) atoms. The third-order valence-electron chi connectivity index (χ3n) is 3.67. The van der Waals surface area contributed by atoms with Crippen LogP contribution in [-0.2, 0) is 0 Å². The third-order valence-corrected chi connectivity index (χ3v) is 3.67. The van der Waals surface area contributed by atoms with Crippen LogP contribution in [0, 0.1) is 0 Å². The number of carboxylic acids is 1. The van der Waals surface area contributed by atoms with Gasteiger partial charge in [0.1, 0.15) is 0 Å². The first-order valence-corrected chi connectivity index (χ1v) is 7.37. The Bertz CT molecular complexity index is 554. The Labute approximate surface area is 129 Å². The molecule has 0 unspecified atom stereocenters. The maximum Gasteiger partial charge on any atom is 0.335 e. The molecule has 0 spiro atoms. The number of likely N-dealkylation sites (N-methyl/N-ethyl adjacent to an activating group) is 1. The van der Waals surface area contributed by atoms with E-state index < -0.39 is 5.97 Å². The number of benzene rings is 1. The topological polar surface area (TPSA) is 84.9 Å². The van der Waals surface area contributed by atoms with Gasteiger partial charge in [-0.1, -0.05) is 0 Å². The van der Waals surface area contributed by atoms with E-state index >= 15 is 0 Å². The summed E-state index contributed by atoms with van der Waals surface area (Å²) in [4.78, 5) is 27.3. The second-order valence-corrected chi connectivity index (χ2v) is 5.31. The summed E-state index contributed by atoms with van der Waals surface area (Å²) in [6.45, 7) is 5.76. The van der Waals surface area contributed by atoms with Gasteiger partial charge in [-0.2, -0.15) is 0 Å². The summed E-state index contributed by atoms with van der Waals surface area (Å²) in [6.07, 6.45) is 0. The number of piperazine rings is 1. The van der Waals surface area contributed by atoms with Gasteiger partial charge in [-0.3, -0.25) is 0 Å². The molecule has 3 N–H and O–H groups in total. The first-order valence-electron chi connectivity index (χ1n) is 7.37. The molecule has 1 aliphatic rings. The first kappa shape index (κ1) is 16.1. The number of nitrogens with zero attached hydrogens (tertiary/aromatic N) is 2. The lowest BCUT2D eigenvalue weighted by Crippen LogP contribution is -2.45. The van der Waals surface area contributed by atoms with Crippen molar-refractivity contribution in [3.8, 4) is 0 Å². The van der Waals surface area contributed by atoms with Gasteiger partial charge in [0.2, 0.25) is 0 Å². The standard InChI is InChI=1S/C15H22N4O3/c1-3-16-15(22)17-12-5-4-11(14(20)21)10-13(12)19-8-6-18(2)7-9-19/h4-5,10H,3,6-9H2,1-2H3,(H,20,21)(H2,16,17,22). The minimum absolute atomic E-state index is 0.218. The second-order valence-electron chi connectivity index (χ2n) is 5.31. The highest BCUT2D eigenvalue weighted by molar-refractivity contribution is 5.96. The predicted molar refractivity (Wildman–Crippen MR) is 85.8 cm³/mol. The molecule has 0 bridgehead atoms. The number of carbonyl (C=O) groups is 2. The molecule has 1 saturated heterocycles. The molecule has 0 aromatic heterocycles. The maximum atomic E-state index is 11.8. The van der Waals surface area contributed by atoms with E-state index in [1.165, 1.54) is 6.07 Å². The lowest BCUT2D eigenvalue weighted by atomic mass is 10.1. The normalized spacial score (nSPS) is 15.5. The average Bonchev–Trinajstić information content (AvgIpc) is 2.48. The van der Waals surface area contributed by atoms with Crippen molar-refractivity contribution < 1.29 is 14.7 Å². The van der Waals surface area contributed by atoms with Crippen LogP contribution in [-0.4, -0.2) is 61.8 Å². The summed E-state index contributed by atoms with van der Waals surface area (Å²) < 4.78 is 0. The molecule has 2 amide bonds. The van der Waals surface area contributed by atoms with E-state index in [1.54, 1.807) is 12.1 Å². The van der Waals surface area contributed by atoms with Gasteiger partial charge < -0.3 is 25.5 Å². The number of amides is 2. The molecule has 0 atom stereocenters. The van der Waals surface area contributed by atoms with E-state index in [0.29, 0.717) is 12.2 Å². The van der Waals surface area contributed by atoms with Gasteiger partial charge in [-0.25, -0.2) is 9.59 Å². The lowest BCUT2D eigenvalue weighted by molar-refractivity contribution is 0.0697. The van der Waals surface area contributed by atoms with Crippen molar-refractivity contribution in [1.29, 1.82) is 0 Å². The number of aromatic carboxylic acids is 1. The number of hydrogen-bond donors (Lipinski definition) is 3. The SMILES string of the molecule is CCNC(=O)Nc1ccc(C(=O)O)cc1N1CCN(C)CC1. The van der Waals surface area contributed by atoms with Gasteiger partial charge in [0.25, 0.3) is 0 Å². The smallest absolute Gasteiger partial charge is 0.335 e. The number of nitrogens with one attached hydrogen (secondary N) is 2. The highest BCUT2D eigenvalue weighted by Gasteiger charge is 2.19. The average molecular weight is 306 g/mol. The minimum atomic E-state index is -0.972. The Morgan fingerprint density at radius 1 is 1.23 bits per heavy atom. The second kappa shape index (κ2) is 7.13. The number of carboxylic acid groups (broad SMARTS) is 1. The van der Waals surface area contributed by atoms with Crippen LogP contribution in [0.25, 0.3) is 0 Å². The fourth-order valence-corrected chi connectivity index (χ4v) is 2.41.